The second kappa shape index (κ2) is 8.81. The highest BCUT2D eigenvalue weighted by atomic mass is 35.5. The number of nitrogens with one attached hydrogen (secondary N) is 1. The van der Waals surface area contributed by atoms with Crippen LogP contribution < -0.4 is 10.1 Å². The first-order valence-corrected chi connectivity index (χ1v) is 4.43. The van der Waals surface area contributed by atoms with E-state index in [1.165, 1.54) is 0 Å². The Morgan fingerprint density at radius 1 is 1.14 bits per heavy atom. The number of halogens is 1. The molecular weight excluding hydrogens is 202 g/mol. The minimum Gasteiger partial charge on any atom is -0.492 e. The molecule has 80 valence electrons. The van der Waals surface area contributed by atoms with Crippen LogP contribution in [-0.4, -0.2) is 31.4 Å². The summed E-state index contributed by atoms with van der Waals surface area (Å²) >= 11 is 0. The zero-order valence-electron chi connectivity index (χ0n) is 7.98. The molecule has 0 unspecified atom stereocenters. The van der Waals surface area contributed by atoms with Gasteiger partial charge in [-0.2, -0.15) is 0 Å². The molecule has 0 radical (unpaired) electrons. The molecule has 14 heavy (non-hydrogen) atoms. The van der Waals surface area contributed by atoms with E-state index in [9.17, 15) is 0 Å². The minimum atomic E-state index is 0. The molecule has 0 fully saturated rings. The highest BCUT2D eigenvalue weighted by molar-refractivity contribution is 5.85. The summed E-state index contributed by atoms with van der Waals surface area (Å²) in [6.45, 7) is 2.18. The fourth-order valence-corrected chi connectivity index (χ4v) is 0.962. The standard InChI is InChI=1S/C10H15NO2.ClH/c12-8-6-11-7-9-13-10-4-2-1-3-5-10;/h1-5,11-12H,6-9H2;1H. The fourth-order valence-electron chi connectivity index (χ4n) is 0.962. The molecule has 0 spiro atoms. The van der Waals surface area contributed by atoms with Crippen molar-refractivity contribution in [1.29, 1.82) is 0 Å². The van der Waals surface area contributed by atoms with Crippen LogP contribution in [0.4, 0.5) is 0 Å². The summed E-state index contributed by atoms with van der Waals surface area (Å²) in [4.78, 5) is 0. The van der Waals surface area contributed by atoms with E-state index >= 15 is 0 Å². The quantitative estimate of drug-likeness (QED) is 0.701. The van der Waals surface area contributed by atoms with Crippen molar-refractivity contribution in [3.05, 3.63) is 30.3 Å². The van der Waals surface area contributed by atoms with Gasteiger partial charge in [-0.15, -0.1) is 12.4 Å². The van der Waals surface area contributed by atoms with E-state index in [1.807, 2.05) is 30.3 Å². The maximum absolute atomic E-state index is 8.48. The first-order chi connectivity index (χ1) is 6.43. The Kier molecular flexibility index (Phi) is 8.33. The van der Waals surface area contributed by atoms with Gasteiger partial charge in [0.1, 0.15) is 12.4 Å². The largest absolute Gasteiger partial charge is 0.492 e. The predicted molar refractivity (Wildman–Crippen MR) is 59.1 cm³/mol. The van der Waals surface area contributed by atoms with E-state index in [0.29, 0.717) is 13.2 Å². The lowest BCUT2D eigenvalue weighted by Gasteiger charge is -2.05. The van der Waals surface area contributed by atoms with Crippen molar-refractivity contribution in [2.24, 2.45) is 0 Å². The number of aliphatic hydroxyl groups excluding tert-OH is 1. The Morgan fingerprint density at radius 3 is 2.50 bits per heavy atom. The average Bonchev–Trinajstić information content (AvgIpc) is 2.19. The molecule has 0 amide bonds. The molecular formula is C10H16ClNO2. The highest BCUT2D eigenvalue weighted by Crippen LogP contribution is 2.07. The van der Waals surface area contributed by atoms with E-state index in [0.717, 1.165) is 12.3 Å². The van der Waals surface area contributed by atoms with Crippen molar-refractivity contribution in [1.82, 2.24) is 5.32 Å². The summed E-state index contributed by atoms with van der Waals surface area (Å²) in [6, 6.07) is 9.68. The molecule has 0 saturated heterocycles. The maximum Gasteiger partial charge on any atom is 0.119 e. The van der Waals surface area contributed by atoms with Gasteiger partial charge in [0.25, 0.3) is 0 Å². The van der Waals surface area contributed by atoms with E-state index in [-0.39, 0.29) is 19.0 Å². The van der Waals surface area contributed by atoms with E-state index in [1.54, 1.807) is 0 Å². The van der Waals surface area contributed by atoms with Gasteiger partial charge in [-0.05, 0) is 12.1 Å². The second-order valence-corrected chi connectivity index (χ2v) is 2.64. The predicted octanol–water partition coefficient (Wildman–Crippen LogP) is 1.07. The molecule has 0 heterocycles. The molecule has 1 rings (SSSR count). The normalized spacial score (nSPS) is 9.21. The van der Waals surface area contributed by atoms with Gasteiger partial charge in [0, 0.05) is 13.1 Å². The van der Waals surface area contributed by atoms with Gasteiger partial charge >= 0.3 is 0 Å². The summed E-state index contributed by atoms with van der Waals surface area (Å²) in [7, 11) is 0. The lowest BCUT2D eigenvalue weighted by molar-refractivity contribution is 0.276. The topological polar surface area (TPSA) is 41.5 Å². The van der Waals surface area contributed by atoms with Gasteiger partial charge in [0.2, 0.25) is 0 Å². The first kappa shape index (κ1) is 13.2. The summed E-state index contributed by atoms with van der Waals surface area (Å²) in [5, 5.41) is 11.5. The lowest BCUT2D eigenvalue weighted by Crippen LogP contribution is -2.23. The molecule has 0 bridgehead atoms. The van der Waals surface area contributed by atoms with Crippen LogP contribution in [0.15, 0.2) is 30.3 Å². The number of hydrogen-bond donors (Lipinski definition) is 2. The van der Waals surface area contributed by atoms with Crippen LogP contribution in [0.5, 0.6) is 5.75 Å². The third-order valence-corrected chi connectivity index (χ3v) is 1.58. The van der Waals surface area contributed by atoms with Crippen molar-refractivity contribution in [2.45, 2.75) is 0 Å². The van der Waals surface area contributed by atoms with Crippen molar-refractivity contribution in [3.8, 4) is 5.75 Å². The van der Waals surface area contributed by atoms with E-state index < -0.39 is 0 Å². The number of para-hydroxylation sites is 1. The number of aliphatic hydroxyl groups is 1. The van der Waals surface area contributed by atoms with Gasteiger partial charge in [0.15, 0.2) is 0 Å². The van der Waals surface area contributed by atoms with Crippen LogP contribution in [-0.2, 0) is 0 Å². The number of hydrogen-bond acceptors (Lipinski definition) is 3. The van der Waals surface area contributed by atoms with Gasteiger partial charge < -0.3 is 15.2 Å². The Balaban J connectivity index is 0.00000169. The van der Waals surface area contributed by atoms with Crippen LogP contribution in [0.3, 0.4) is 0 Å². The Bertz CT molecular complexity index is 219. The molecule has 0 saturated carbocycles. The maximum atomic E-state index is 8.48. The van der Waals surface area contributed by atoms with Gasteiger partial charge in [-0.25, -0.2) is 0 Å². The molecule has 2 N–H and O–H groups in total. The van der Waals surface area contributed by atoms with Gasteiger partial charge in [-0.1, -0.05) is 18.2 Å². The van der Waals surface area contributed by atoms with Crippen LogP contribution in [0.2, 0.25) is 0 Å². The summed E-state index contributed by atoms with van der Waals surface area (Å²) in [5.74, 6) is 0.883. The Labute approximate surface area is 90.5 Å². The Hall–Kier alpha value is -0.770. The van der Waals surface area contributed by atoms with Crippen LogP contribution in [0.25, 0.3) is 0 Å². The summed E-state index contributed by atoms with van der Waals surface area (Å²) < 4.78 is 5.41. The highest BCUT2D eigenvalue weighted by Gasteiger charge is 1.90. The second-order valence-electron chi connectivity index (χ2n) is 2.64. The molecule has 0 aliphatic heterocycles. The monoisotopic (exact) mass is 217 g/mol. The average molecular weight is 218 g/mol. The van der Waals surface area contributed by atoms with Crippen molar-refractivity contribution in [2.75, 3.05) is 26.3 Å². The van der Waals surface area contributed by atoms with Crippen LogP contribution >= 0.6 is 12.4 Å². The molecule has 0 aromatic heterocycles. The molecule has 0 aliphatic carbocycles. The third-order valence-electron chi connectivity index (χ3n) is 1.58. The molecule has 1 aromatic carbocycles. The number of ether oxygens (including phenoxy) is 1. The zero-order chi connectivity index (χ0) is 9.36. The zero-order valence-corrected chi connectivity index (χ0v) is 8.80. The smallest absolute Gasteiger partial charge is 0.119 e. The van der Waals surface area contributed by atoms with Crippen LogP contribution in [0, 0.1) is 0 Å². The molecule has 1 aromatic rings. The molecule has 4 heteroatoms. The SMILES string of the molecule is Cl.OCCNCCOc1ccccc1. The van der Waals surface area contributed by atoms with Crippen LogP contribution in [0.1, 0.15) is 0 Å². The summed E-state index contributed by atoms with van der Waals surface area (Å²) in [6.07, 6.45) is 0. The Morgan fingerprint density at radius 2 is 1.86 bits per heavy atom. The minimum absolute atomic E-state index is 0. The van der Waals surface area contributed by atoms with Gasteiger partial charge in [0.05, 0.1) is 6.61 Å². The number of benzene rings is 1. The van der Waals surface area contributed by atoms with Crippen molar-refractivity contribution in [3.63, 3.8) is 0 Å². The van der Waals surface area contributed by atoms with Crippen molar-refractivity contribution >= 4 is 12.4 Å². The van der Waals surface area contributed by atoms with E-state index in [4.69, 9.17) is 9.84 Å². The molecule has 3 nitrogen and oxygen atoms in total. The van der Waals surface area contributed by atoms with Crippen molar-refractivity contribution < 1.29 is 9.84 Å². The summed E-state index contributed by atoms with van der Waals surface area (Å²) in [5.41, 5.74) is 0. The fraction of sp³-hybridized carbons (Fsp3) is 0.400. The molecule has 0 aliphatic rings. The lowest BCUT2D eigenvalue weighted by atomic mass is 10.3. The number of rotatable bonds is 6. The van der Waals surface area contributed by atoms with Gasteiger partial charge in [-0.3, -0.25) is 0 Å². The molecule has 0 atom stereocenters. The third kappa shape index (κ3) is 5.80. The first-order valence-electron chi connectivity index (χ1n) is 4.43. The van der Waals surface area contributed by atoms with E-state index in [2.05, 4.69) is 5.32 Å².